The Balaban J connectivity index is 1.11. The van der Waals surface area contributed by atoms with E-state index in [0.717, 1.165) is 35.2 Å². The molecule has 0 fully saturated rings. The molecule has 50 heavy (non-hydrogen) atoms. The van der Waals surface area contributed by atoms with Crippen molar-refractivity contribution in [1.29, 1.82) is 0 Å². The maximum absolute atomic E-state index is 4.98. The molecule has 5 aromatic carbocycles. The third-order valence-corrected chi connectivity index (χ3v) is 10.9. The average molecular weight is 643 g/mol. The van der Waals surface area contributed by atoms with E-state index < -0.39 is 0 Å². The van der Waals surface area contributed by atoms with Crippen LogP contribution in [0.25, 0.3) is 39.7 Å². The number of hydrogen-bond donors (Lipinski definition) is 0. The summed E-state index contributed by atoms with van der Waals surface area (Å²) in [5.41, 5.74) is 12.2. The minimum absolute atomic E-state index is 0.127. The van der Waals surface area contributed by atoms with Gasteiger partial charge in [0.1, 0.15) is 0 Å². The normalized spacial score (nSPS) is 21.2. The molecular weight excluding hydrogens is 609 g/mol. The molecule has 1 aromatic heterocycles. The Labute approximate surface area is 292 Å². The second-order valence-corrected chi connectivity index (χ2v) is 13.4. The Kier molecular flexibility index (Phi) is 6.63. The van der Waals surface area contributed by atoms with Crippen LogP contribution in [-0.2, 0) is 5.41 Å². The summed E-state index contributed by atoms with van der Waals surface area (Å²) in [5.74, 6) is 2.20. The number of nitrogens with zero attached hydrogens (tertiary/aromatic N) is 4. The van der Waals surface area contributed by atoms with Crippen molar-refractivity contribution in [3.63, 3.8) is 0 Å². The average Bonchev–Trinajstić information content (AvgIpc) is 3.49. The Morgan fingerprint density at radius 3 is 1.84 bits per heavy atom. The van der Waals surface area contributed by atoms with E-state index in [1.165, 1.54) is 33.5 Å². The highest BCUT2D eigenvalue weighted by Gasteiger charge is 2.57. The van der Waals surface area contributed by atoms with Crippen LogP contribution >= 0.6 is 0 Å². The number of benzene rings is 5. The molecule has 3 aliphatic carbocycles. The van der Waals surface area contributed by atoms with Crippen molar-refractivity contribution in [3.05, 3.63) is 192 Å². The Morgan fingerprint density at radius 1 is 0.560 bits per heavy atom. The molecule has 0 bridgehead atoms. The number of fused-ring (bicyclic) bond motifs is 8. The monoisotopic (exact) mass is 642 g/mol. The first-order valence-electron chi connectivity index (χ1n) is 17.5. The fourth-order valence-electron chi connectivity index (χ4n) is 8.82. The highest BCUT2D eigenvalue weighted by Crippen LogP contribution is 2.63. The lowest BCUT2D eigenvalue weighted by molar-refractivity contribution is 0.389. The van der Waals surface area contributed by atoms with E-state index >= 15 is 0 Å². The van der Waals surface area contributed by atoms with E-state index in [4.69, 9.17) is 15.0 Å². The summed E-state index contributed by atoms with van der Waals surface area (Å²) in [7, 11) is 0. The summed E-state index contributed by atoms with van der Waals surface area (Å²) in [4.78, 5) is 17.4. The van der Waals surface area contributed by atoms with Crippen LogP contribution in [0.3, 0.4) is 0 Å². The molecule has 10 rings (SSSR count). The molecule has 0 saturated heterocycles. The molecule has 0 amide bonds. The van der Waals surface area contributed by atoms with Gasteiger partial charge >= 0.3 is 0 Å². The number of aromatic nitrogens is 3. The van der Waals surface area contributed by atoms with Crippen LogP contribution in [-0.4, -0.2) is 21.0 Å². The number of rotatable bonds is 4. The minimum atomic E-state index is -0.256. The van der Waals surface area contributed by atoms with Crippen LogP contribution in [0.5, 0.6) is 0 Å². The van der Waals surface area contributed by atoms with E-state index in [0.29, 0.717) is 17.5 Å². The van der Waals surface area contributed by atoms with Crippen LogP contribution in [0, 0.1) is 5.92 Å². The predicted octanol–water partition coefficient (Wildman–Crippen LogP) is 10.5. The standard InChI is InChI=1S/C46H34N4/c1-3-15-31(16-4-1)43-47-44(32-17-5-2-6-18-32)49-45(48-43)33-27-29-34(30-28-33)50-41-25-13-11-23-39(41)46(40-24-12-14-26-42(40)50)37-21-9-7-19-35(37)36-20-8-10-22-38(36)46/h1-7,9-19,21-30,39,41H,8,20H2. The molecule has 4 nitrogen and oxygen atoms in total. The van der Waals surface area contributed by atoms with Gasteiger partial charge in [0.05, 0.1) is 11.5 Å². The SMILES string of the molecule is C1=CC2C(C=C1)C1(C3=C(CCC=C3)c3ccccc31)c1ccccc1N2c1ccc(-c2nc(-c3ccccc3)nc(-c3ccccc3)n2)cc1. The van der Waals surface area contributed by atoms with Gasteiger partial charge in [-0.05, 0) is 71.0 Å². The van der Waals surface area contributed by atoms with Gasteiger partial charge in [0.2, 0.25) is 0 Å². The molecule has 4 aliphatic rings. The number of para-hydroxylation sites is 1. The third-order valence-electron chi connectivity index (χ3n) is 10.9. The van der Waals surface area contributed by atoms with Crippen LogP contribution in [0.4, 0.5) is 11.4 Å². The Bertz CT molecular complexity index is 2330. The van der Waals surface area contributed by atoms with Gasteiger partial charge in [0.25, 0.3) is 0 Å². The second kappa shape index (κ2) is 11.5. The summed E-state index contributed by atoms with van der Waals surface area (Å²) < 4.78 is 0. The van der Waals surface area contributed by atoms with E-state index in [2.05, 4.69) is 114 Å². The zero-order valence-corrected chi connectivity index (χ0v) is 27.5. The van der Waals surface area contributed by atoms with Crippen molar-refractivity contribution in [2.45, 2.75) is 24.3 Å². The quantitative estimate of drug-likeness (QED) is 0.192. The van der Waals surface area contributed by atoms with Crippen molar-refractivity contribution in [2.24, 2.45) is 5.92 Å². The maximum Gasteiger partial charge on any atom is 0.164 e. The van der Waals surface area contributed by atoms with E-state index in [1.807, 2.05) is 60.7 Å². The van der Waals surface area contributed by atoms with Crippen molar-refractivity contribution < 1.29 is 0 Å². The van der Waals surface area contributed by atoms with Crippen molar-refractivity contribution in [3.8, 4) is 34.2 Å². The van der Waals surface area contributed by atoms with Gasteiger partial charge in [-0.2, -0.15) is 0 Å². The highest BCUT2D eigenvalue weighted by molar-refractivity contribution is 5.90. The highest BCUT2D eigenvalue weighted by atomic mass is 15.2. The lowest BCUT2D eigenvalue weighted by atomic mass is 9.57. The zero-order valence-electron chi connectivity index (χ0n) is 27.5. The largest absolute Gasteiger partial charge is 0.334 e. The molecule has 6 aromatic rings. The minimum Gasteiger partial charge on any atom is -0.334 e. The molecule has 4 heteroatoms. The van der Waals surface area contributed by atoms with Gasteiger partial charge in [-0.1, -0.05) is 140 Å². The number of anilines is 2. The Hall–Kier alpha value is -6.13. The maximum atomic E-state index is 4.98. The summed E-state index contributed by atoms with van der Waals surface area (Å²) >= 11 is 0. The second-order valence-electron chi connectivity index (χ2n) is 13.4. The molecule has 1 spiro atoms. The fourth-order valence-corrected chi connectivity index (χ4v) is 8.82. The first kappa shape index (κ1) is 28.8. The summed E-state index contributed by atoms with van der Waals surface area (Å²) in [6, 6.07) is 47.4. The van der Waals surface area contributed by atoms with Crippen LogP contribution in [0.1, 0.15) is 29.5 Å². The Morgan fingerprint density at radius 2 is 1.14 bits per heavy atom. The van der Waals surface area contributed by atoms with E-state index in [-0.39, 0.29) is 17.4 Å². The van der Waals surface area contributed by atoms with Gasteiger partial charge in [-0.3, -0.25) is 0 Å². The molecule has 0 saturated carbocycles. The molecule has 1 aliphatic heterocycles. The molecular formula is C46H34N4. The topological polar surface area (TPSA) is 41.9 Å². The van der Waals surface area contributed by atoms with Crippen LogP contribution in [0.15, 0.2) is 175 Å². The molecule has 3 atom stereocenters. The molecule has 0 N–H and O–H groups in total. The van der Waals surface area contributed by atoms with Crippen molar-refractivity contribution in [1.82, 2.24) is 15.0 Å². The third kappa shape index (κ3) is 4.28. The predicted molar refractivity (Wildman–Crippen MR) is 203 cm³/mol. The van der Waals surface area contributed by atoms with Gasteiger partial charge in [0.15, 0.2) is 17.5 Å². The van der Waals surface area contributed by atoms with Gasteiger partial charge in [0, 0.05) is 34.0 Å². The van der Waals surface area contributed by atoms with Crippen molar-refractivity contribution in [2.75, 3.05) is 4.90 Å². The summed E-state index contributed by atoms with van der Waals surface area (Å²) in [5, 5.41) is 0. The summed E-state index contributed by atoms with van der Waals surface area (Å²) in [6.07, 6.45) is 16.3. The molecule has 3 unspecified atom stereocenters. The lowest BCUT2D eigenvalue weighted by Crippen LogP contribution is -2.53. The molecule has 0 radical (unpaired) electrons. The van der Waals surface area contributed by atoms with E-state index in [1.54, 1.807) is 0 Å². The first-order valence-corrected chi connectivity index (χ1v) is 17.5. The number of allylic oxidation sites excluding steroid dienone is 6. The van der Waals surface area contributed by atoms with Gasteiger partial charge in [-0.15, -0.1) is 0 Å². The molecule has 238 valence electrons. The smallest absolute Gasteiger partial charge is 0.164 e. The number of hydrogen-bond acceptors (Lipinski definition) is 4. The zero-order chi connectivity index (χ0) is 33.1. The fraction of sp³-hybridized carbons (Fsp3) is 0.109. The first-order chi connectivity index (χ1) is 24.8. The van der Waals surface area contributed by atoms with Gasteiger partial charge in [-0.25, -0.2) is 15.0 Å². The van der Waals surface area contributed by atoms with Crippen LogP contribution < -0.4 is 4.90 Å². The summed E-state index contributed by atoms with van der Waals surface area (Å²) in [6.45, 7) is 0. The van der Waals surface area contributed by atoms with Crippen LogP contribution in [0.2, 0.25) is 0 Å². The van der Waals surface area contributed by atoms with Gasteiger partial charge < -0.3 is 4.90 Å². The molecule has 2 heterocycles. The van der Waals surface area contributed by atoms with E-state index in [9.17, 15) is 0 Å². The van der Waals surface area contributed by atoms with Crippen molar-refractivity contribution >= 4 is 16.9 Å². The lowest BCUT2D eigenvalue weighted by Gasteiger charge is -2.53.